The topological polar surface area (TPSA) is 86.8 Å². The number of hydrogen-bond donors (Lipinski definition) is 1. The second kappa shape index (κ2) is 13.3. The summed E-state index contributed by atoms with van der Waals surface area (Å²) in [5, 5.41) is 3.28. The van der Waals surface area contributed by atoms with Crippen LogP contribution in [0.2, 0.25) is 0 Å². The van der Waals surface area contributed by atoms with Gasteiger partial charge >= 0.3 is 0 Å². The maximum absolute atomic E-state index is 13.0. The van der Waals surface area contributed by atoms with Gasteiger partial charge in [0, 0.05) is 35.3 Å². The van der Waals surface area contributed by atoms with Crippen molar-refractivity contribution in [2.75, 3.05) is 26.2 Å². The van der Waals surface area contributed by atoms with Gasteiger partial charge in [0.1, 0.15) is 0 Å². The van der Waals surface area contributed by atoms with Crippen LogP contribution in [0, 0.1) is 23.7 Å². The molecule has 4 aromatic carbocycles. The largest absolute Gasteiger partial charge is 0.317 e. The quantitative estimate of drug-likeness (QED) is 0.182. The van der Waals surface area contributed by atoms with E-state index in [2.05, 4.69) is 29.0 Å². The van der Waals surface area contributed by atoms with Crippen LogP contribution in [0.25, 0.3) is 0 Å². The fraction of sp³-hybridized carbons (Fsp3) is 0.158. The first kappa shape index (κ1) is 29.3. The van der Waals surface area contributed by atoms with Crippen molar-refractivity contribution in [1.29, 1.82) is 0 Å². The van der Waals surface area contributed by atoms with Gasteiger partial charge in [0.25, 0.3) is 23.6 Å². The third-order valence-electron chi connectivity index (χ3n) is 7.66. The maximum Gasteiger partial charge on any atom is 0.261 e. The van der Waals surface area contributed by atoms with E-state index in [1.165, 1.54) is 9.80 Å². The first-order valence-electron chi connectivity index (χ1n) is 14.8. The van der Waals surface area contributed by atoms with Crippen LogP contribution in [0.15, 0.2) is 97.1 Å². The molecule has 7 nitrogen and oxygen atoms in total. The number of rotatable bonds is 8. The van der Waals surface area contributed by atoms with Crippen molar-refractivity contribution in [3.8, 4) is 23.7 Å². The maximum atomic E-state index is 13.0. The summed E-state index contributed by atoms with van der Waals surface area (Å²) in [6.07, 6.45) is 1.15. The smallest absolute Gasteiger partial charge is 0.261 e. The third kappa shape index (κ3) is 6.45. The van der Waals surface area contributed by atoms with Gasteiger partial charge in [0.05, 0.1) is 22.3 Å². The summed E-state index contributed by atoms with van der Waals surface area (Å²) in [6, 6.07) is 29.4. The molecule has 4 aromatic rings. The molecule has 2 heterocycles. The van der Waals surface area contributed by atoms with Gasteiger partial charge in [-0.2, -0.15) is 0 Å². The summed E-state index contributed by atoms with van der Waals surface area (Å²) in [5.74, 6) is 11.1. The molecule has 0 fully saturated rings. The number of imide groups is 2. The summed E-state index contributed by atoms with van der Waals surface area (Å²) >= 11 is 0. The zero-order chi connectivity index (χ0) is 31.2. The van der Waals surface area contributed by atoms with Crippen LogP contribution in [-0.2, 0) is 0 Å². The van der Waals surface area contributed by atoms with E-state index in [9.17, 15) is 19.2 Å². The van der Waals surface area contributed by atoms with Crippen molar-refractivity contribution < 1.29 is 19.2 Å². The molecule has 0 spiro atoms. The molecule has 2 aliphatic rings. The van der Waals surface area contributed by atoms with E-state index in [1.807, 2.05) is 60.7 Å². The molecule has 220 valence electrons. The van der Waals surface area contributed by atoms with Crippen molar-refractivity contribution in [3.63, 3.8) is 0 Å². The molecule has 0 bridgehead atoms. The van der Waals surface area contributed by atoms with Crippen LogP contribution in [0.3, 0.4) is 0 Å². The summed E-state index contributed by atoms with van der Waals surface area (Å²) in [5.41, 5.74) is 4.65. The van der Waals surface area contributed by atoms with Crippen molar-refractivity contribution in [1.82, 2.24) is 15.1 Å². The van der Waals surface area contributed by atoms with E-state index in [0.717, 1.165) is 11.1 Å². The Morgan fingerprint density at radius 2 is 0.822 bits per heavy atom. The molecule has 45 heavy (non-hydrogen) atoms. The number of nitrogens with zero attached hydrogens (tertiary/aromatic N) is 2. The van der Waals surface area contributed by atoms with E-state index in [1.54, 1.807) is 36.4 Å². The fourth-order valence-corrected chi connectivity index (χ4v) is 5.32. The molecule has 0 saturated heterocycles. The minimum absolute atomic E-state index is 0.290. The van der Waals surface area contributed by atoms with E-state index in [0.29, 0.717) is 59.3 Å². The Morgan fingerprint density at radius 1 is 0.444 bits per heavy atom. The first-order valence-corrected chi connectivity index (χ1v) is 14.8. The molecule has 6 rings (SSSR count). The molecule has 0 aromatic heterocycles. The standard InChI is InChI=1S/C38H29N3O4/c42-35-31-19-17-29(15-13-27-9-3-1-4-10-27)25-33(31)37(44)40(35)23-7-21-39-22-8-24-41-36(43)32-20-18-30(26-34(32)38(41)45)16-14-28-11-5-2-6-12-28/h1-6,9-12,17-20,25-26,39H,7-8,21-24H2. The highest BCUT2D eigenvalue weighted by atomic mass is 16.2. The summed E-state index contributed by atoms with van der Waals surface area (Å²) in [4.78, 5) is 54.2. The number of benzene rings is 4. The summed E-state index contributed by atoms with van der Waals surface area (Å²) in [6.45, 7) is 1.73. The molecular weight excluding hydrogens is 562 g/mol. The normalized spacial score (nSPS) is 13.2. The second-order valence-corrected chi connectivity index (χ2v) is 10.7. The SMILES string of the molecule is O=C1c2ccc(C#Cc3ccccc3)cc2C(=O)N1CCCNCCCN1C(=O)c2ccc(C#Cc3ccccc3)cc2C1=O. The molecule has 7 heteroatoms. The average Bonchev–Trinajstić information content (AvgIpc) is 3.46. The van der Waals surface area contributed by atoms with E-state index >= 15 is 0 Å². The second-order valence-electron chi connectivity index (χ2n) is 10.7. The number of nitrogens with one attached hydrogen (secondary N) is 1. The Balaban J connectivity index is 0.948. The van der Waals surface area contributed by atoms with E-state index in [4.69, 9.17) is 0 Å². The van der Waals surface area contributed by atoms with Crippen LogP contribution < -0.4 is 5.32 Å². The zero-order valence-electron chi connectivity index (χ0n) is 24.5. The Morgan fingerprint density at radius 3 is 1.24 bits per heavy atom. The van der Waals surface area contributed by atoms with E-state index in [-0.39, 0.29) is 36.7 Å². The highest BCUT2D eigenvalue weighted by Gasteiger charge is 2.36. The molecule has 0 atom stereocenters. The molecule has 0 aliphatic carbocycles. The molecule has 1 N–H and O–H groups in total. The lowest BCUT2D eigenvalue weighted by atomic mass is 10.1. The predicted molar refractivity (Wildman–Crippen MR) is 171 cm³/mol. The van der Waals surface area contributed by atoms with Gasteiger partial charge in [0.2, 0.25) is 0 Å². The van der Waals surface area contributed by atoms with Crippen LogP contribution in [0.4, 0.5) is 0 Å². The number of hydrogen-bond acceptors (Lipinski definition) is 5. The summed E-state index contributed by atoms with van der Waals surface area (Å²) in [7, 11) is 0. The predicted octanol–water partition coefficient (Wildman–Crippen LogP) is 4.75. The van der Waals surface area contributed by atoms with Gasteiger partial charge in [-0.25, -0.2) is 0 Å². The van der Waals surface area contributed by atoms with Gasteiger partial charge in [-0.05, 0) is 86.6 Å². The van der Waals surface area contributed by atoms with Gasteiger partial charge in [-0.1, -0.05) is 60.1 Å². The molecule has 4 amide bonds. The Bertz CT molecular complexity index is 1790. The van der Waals surface area contributed by atoms with Gasteiger partial charge in [-0.15, -0.1) is 0 Å². The van der Waals surface area contributed by atoms with Crippen molar-refractivity contribution >= 4 is 23.6 Å². The van der Waals surface area contributed by atoms with Crippen LogP contribution in [-0.4, -0.2) is 59.6 Å². The lowest BCUT2D eigenvalue weighted by molar-refractivity contribution is 0.0640. The highest BCUT2D eigenvalue weighted by Crippen LogP contribution is 2.25. The van der Waals surface area contributed by atoms with Gasteiger partial charge in [-0.3, -0.25) is 29.0 Å². The van der Waals surface area contributed by atoms with E-state index < -0.39 is 0 Å². The number of amides is 4. The number of carbonyl (C=O) groups excluding carboxylic acids is 4. The van der Waals surface area contributed by atoms with Crippen LogP contribution in [0.1, 0.15) is 76.5 Å². The van der Waals surface area contributed by atoms with Gasteiger partial charge < -0.3 is 5.32 Å². The minimum atomic E-state index is -0.307. The van der Waals surface area contributed by atoms with Crippen molar-refractivity contribution in [2.45, 2.75) is 12.8 Å². The number of carbonyl (C=O) groups is 4. The summed E-state index contributed by atoms with van der Waals surface area (Å²) < 4.78 is 0. The highest BCUT2D eigenvalue weighted by molar-refractivity contribution is 6.22. The third-order valence-corrected chi connectivity index (χ3v) is 7.66. The van der Waals surface area contributed by atoms with Crippen LogP contribution >= 0.6 is 0 Å². The average molecular weight is 592 g/mol. The van der Waals surface area contributed by atoms with Crippen molar-refractivity contribution in [3.05, 3.63) is 142 Å². The Hall–Kier alpha value is -5.76. The lowest BCUT2D eigenvalue weighted by Gasteiger charge is -2.15. The lowest BCUT2D eigenvalue weighted by Crippen LogP contribution is -2.34. The fourth-order valence-electron chi connectivity index (χ4n) is 5.32. The molecule has 0 radical (unpaired) electrons. The monoisotopic (exact) mass is 591 g/mol. The number of fused-ring (bicyclic) bond motifs is 2. The molecule has 0 unspecified atom stereocenters. The van der Waals surface area contributed by atoms with Crippen molar-refractivity contribution in [2.24, 2.45) is 0 Å². The Kier molecular flexibility index (Phi) is 8.64. The van der Waals surface area contributed by atoms with Crippen LogP contribution in [0.5, 0.6) is 0 Å². The minimum Gasteiger partial charge on any atom is -0.317 e. The van der Waals surface area contributed by atoms with Gasteiger partial charge in [0.15, 0.2) is 0 Å². The first-order chi connectivity index (χ1) is 22.0. The molecule has 2 aliphatic heterocycles. The molecule has 0 saturated carbocycles. The molecular formula is C38H29N3O4. The Labute approximate surface area is 261 Å². The zero-order valence-corrected chi connectivity index (χ0v) is 24.5.